The van der Waals surface area contributed by atoms with Gasteiger partial charge in [-0.3, -0.25) is 0 Å². The average molecular weight is 370 g/mol. The molecule has 0 spiro atoms. The highest BCUT2D eigenvalue weighted by atomic mass is 79.9. The second-order valence-electron chi connectivity index (χ2n) is 6.24. The molecule has 2 rings (SSSR count). The predicted octanol–water partition coefficient (Wildman–Crippen LogP) is 3.85. The Hall–Kier alpha value is -0.870. The van der Waals surface area contributed by atoms with E-state index in [4.69, 9.17) is 0 Å². The van der Waals surface area contributed by atoms with Gasteiger partial charge in [-0.25, -0.2) is 8.42 Å². The number of benzene rings is 1. The van der Waals surface area contributed by atoms with Crippen molar-refractivity contribution in [3.63, 3.8) is 0 Å². The molecule has 0 aromatic heterocycles. The molecule has 5 heteroatoms. The molecule has 0 radical (unpaired) electrons. The van der Waals surface area contributed by atoms with Crippen LogP contribution in [0.5, 0.6) is 0 Å². The van der Waals surface area contributed by atoms with Crippen molar-refractivity contribution in [2.45, 2.75) is 38.1 Å². The molecule has 1 aliphatic heterocycles. The minimum absolute atomic E-state index is 0.0348. The van der Waals surface area contributed by atoms with E-state index in [1.165, 1.54) is 0 Å². The third kappa shape index (κ3) is 3.67. The maximum Gasteiger partial charge on any atom is 0.243 e. The van der Waals surface area contributed by atoms with Crippen LogP contribution in [0.4, 0.5) is 0 Å². The minimum atomic E-state index is -3.47. The highest BCUT2D eigenvalue weighted by molar-refractivity contribution is 9.11. The Bertz CT molecular complexity index is 671. The summed E-state index contributed by atoms with van der Waals surface area (Å²) in [7, 11) is -3.47. The Morgan fingerprint density at radius 2 is 1.95 bits per heavy atom. The van der Waals surface area contributed by atoms with E-state index in [9.17, 15) is 8.42 Å². The van der Waals surface area contributed by atoms with Crippen molar-refractivity contribution in [2.24, 2.45) is 5.41 Å². The van der Waals surface area contributed by atoms with Gasteiger partial charge >= 0.3 is 0 Å². The van der Waals surface area contributed by atoms with Crippen LogP contribution < -0.4 is 0 Å². The van der Waals surface area contributed by atoms with Gasteiger partial charge in [0, 0.05) is 11.5 Å². The lowest BCUT2D eigenvalue weighted by Crippen LogP contribution is -2.35. The average Bonchev–Trinajstić information content (AvgIpc) is 2.73. The summed E-state index contributed by atoms with van der Waals surface area (Å²) in [5, 5.41) is 0. The second kappa shape index (κ2) is 6.09. The molecule has 21 heavy (non-hydrogen) atoms. The van der Waals surface area contributed by atoms with E-state index in [1.807, 2.05) is 25.1 Å². The molecular weight excluding hydrogens is 350 g/mol. The summed E-state index contributed by atoms with van der Waals surface area (Å²) in [6, 6.07) is 6.86. The minimum Gasteiger partial charge on any atom is -0.207 e. The normalized spacial score (nSPS) is 21.8. The van der Waals surface area contributed by atoms with Crippen LogP contribution in [0.1, 0.15) is 25.8 Å². The van der Waals surface area contributed by atoms with Gasteiger partial charge in [0.1, 0.15) is 0 Å². The SMILES string of the molecule is Cc1ccc(S(=O)(=O)N2CC(C)(C)C[C@@H]2C=C=CBr)cc1. The van der Waals surface area contributed by atoms with Gasteiger partial charge in [0.2, 0.25) is 10.0 Å². The maximum absolute atomic E-state index is 12.9. The van der Waals surface area contributed by atoms with Gasteiger partial charge in [-0.15, -0.1) is 5.73 Å². The van der Waals surface area contributed by atoms with Crippen molar-refractivity contribution >= 4 is 26.0 Å². The molecule has 1 aromatic carbocycles. The van der Waals surface area contributed by atoms with E-state index in [1.54, 1.807) is 21.4 Å². The molecule has 1 atom stereocenters. The van der Waals surface area contributed by atoms with Crippen LogP contribution in [-0.2, 0) is 10.0 Å². The van der Waals surface area contributed by atoms with Crippen LogP contribution in [0, 0.1) is 12.3 Å². The van der Waals surface area contributed by atoms with Crippen LogP contribution in [0.25, 0.3) is 0 Å². The fraction of sp³-hybridized carbons (Fsp3) is 0.438. The quantitative estimate of drug-likeness (QED) is 0.758. The monoisotopic (exact) mass is 369 g/mol. The first-order valence-corrected chi connectivity index (χ1v) is 9.22. The molecular formula is C16H20BrNO2S. The van der Waals surface area contributed by atoms with Crippen LogP contribution in [0.2, 0.25) is 0 Å². The van der Waals surface area contributed by atoms with Gasteiger partial charge < -0.3 is 0 Å². The summed E-state index contributed by atoms with van der Waals surface area (Å²) < 4.78 is 27.3. The van der Waals surface area contributed by atoms with Crippen molar-refractivity contribution < 1.29 is 8.42 Å². The van der Waals surface area contributed by atoms with E-state index in [0.717, 1.165) is 12.0 Å². The molecule has 1 aromatic rings. The number of rotatable bonds is 3. The van der Waals surface area contributed by atoms with Crippen LogP contribution >= 0.6 is 15.9 Å². The Kier molecular flexibility index (Phi) is 4.79. The van der Waals surface area contributed by atoms with Crippen molar-refractivity contribution in [1.82, 2.24) is 4.31 Å². The van der Waals surface area contributed by atoms with E-state index in [2.05, 4.69) is 35.5 Å². The molecule has 1 heterocycles. The molecule has 3 nitrogen and oxygen atoms in total. The molecule has 0 saturated carbocycles. The number of hydrogen-bond acceptors (Lipinski definition) is 2. The largest absolute Gasteiger partial charge is 0.243 e. The Balaban J connectivity index is 2.41. The number of hydrogen-bond donors (Lipinski definition) is 0. The molecule has 0 amide bonds. The number of halogens is 1. The van der Waals surface area contributed by atoms with E-state index in [0.29, 0.717) is 11.4 Å². The van der Waals surface area contributed by atoms with Crippen molar-refractivity contribution in [1.29, 1.82) is 0 Å². The first-order chi connectivity index (χ1) is 9.76. The van der Waals surface area contributed by atoms with Crippen molar-refractivity contribution in [2.75, 3.05) is 6.54 Å². The van der Waals surface area contributed by atoms with Gasteiger partial charge in [-0.1, -0.05) is 47.5 Å². The molecule has 114 valence electrons. The fourth-order valence-corrected chi connectivity index (χ4v) is 4.58. The number of sulfonamides is 1. The van der Waals surface area contributed by atoms with E-state index in [-0.39, 0.29) is 11.5 Å². The molecule has 1 aliphatic rings. The van der Waals surface area contributed by atoms with Crippen LogP contribution in [0.3, 0.4) is 0 Å². The Morgan fingerprint density at radius 3 is 2.52 bits per heavy atom. The summed E-state index contributed by atoms with van der Waals surface area (Å²) in [5.74, 6) is 0. The zero-order valence-electron chi connectivity index (χ0n) is 12.5. The van der Waals surface area contributed by atoms with Crippen molar-refractivity contribution in [3.05, 3.63) is 46.6 Å². The smallest absolute Gasteiger partial charge is 0.207 e. The molecule has 0 unspecified atom stereocenters. The highest BCUT2D eigenvalue weighted by Gasteiger charge is 2.42. The predicted molar refractivity (Wildman–Crippen MR) is 88.8 cm³/mol. The summed E-state index contributed by atoms with van der Waals surface area (Å²) in [6.07, 6.45) is 2.61. The zero-order valence-corrected chi connectivity index (χ0v) is 14.9. The lowest BCUT2D eigenvalue weighted by molar-refractivity contribution is 0.373. The van der Waals surface area contributed by atoms with Crippen LogP contribution in [-0.4, -0.2) is 25.3 Å². The standard InChI is InChI=1S/C16H20BrNO2S/c1-13-6-8-15(9-7-13)21(19,20)18-12-16(2,3)11-14(18)5-4-10-17/h5-10,14H,11-12H2,1-3H3/t4?,14-/m0/s1. The van der Waals surface area contributed by atoms with Gasteiger partial charge in [0.15, 0.2) is 0 Å². The summed E-state index contributed by atoms with van der Waals surface area (Å²) in [4.78, 5) is 1.97. The van der Waals surface area contributed by atoms with Gasteiger partial charge in [0.05, 0.1) is 10.9 Å². The van der Waals surface area contributed by atoms with Crippen LogP contribution in [0.15, 0.2) is 46.0 Å². The maximum atomic E-state index is 12.9. The third-order valence-electron chi connectivity index (χ3n) is 3.69. The first-order valence-electron chi connectivity index (χ1n) is 6.86. The second-order valence-corrected chi connectivity index (χ2v) is 8.59. The highest BCUT2D eigenvalue weighted by Crippen LogP contribution is 2.37. The lowest BCUT2D eigenvalue weighted by Gasteiger charge is -2.22. The third-order valence-corrected chi connectivity index (χ3v) is 5.84. The molecule has 0 aliphatic carbocycles. The summed E-state index contributed by atoms with van der Waals surface area (Å²) >= 11 is 3.17. The molecule has 0 bridgehead atoms. The summed E-state index contributed by atoms with van der Waals surface area (Å²) in [5.41, 5.74) is 3.97. The van der Waals surface area contributed by atoms with Crippen molar-refractivity contribution in [3.8, 4) is 0 Å². The summed E-state index contributed by atoms with van der Waals surface area (Å²) in [6.45, 7) is 6.66. The Morgan fingerprint density at radius 1 is 1.33 bits per heavy atom. The van der Waals surface area contributed by atoms with Gasteiger partial charge in [0.25, 0.3) is 0 Å². The fourth-order valence-electron chi connectivity index (χ4n) is 2.67. The van der Waals surface area contributed by atoms with E-state index < -0.39 is 10.0 Å². The van der Waals surface area contributed by atoms with Gasteiger partial charge in [-0.2, -0.15) is 4.31 Å². The first kappa shape index (κ1) is 16.5. The number of aryl methyl sites for hydroxylation is 1. The topological polar surface area (TPSA) is 37.4 Å². The number of nitrogens with zero attached hydrogens (tertiary/aromatic N) is 1. The molecule has 1 saturated heterocycles. The molecule has 0 N–H and O–H groups in total. The van der Waals surface area contributed by atoms with Gasteiger partial charge in [-0.05, 0) is 37.0 Å². The zero-order chi connectivity index (χ0) is 15.7. The van der Waals surface area contributed by atoms with E-state index >= 15 is 0 Å². The lowest BCUT2D eigenvalue weighted by atomic mass is 9.91. The Labute approximate surface area is 135 Å². The molecule has 1 fully saturated rings.